The highest BCUT2D eigenvalue weighted by atomic mass is 16.5. The molecule has 6 nitrogen and oxygen atoms in total. The predicted octanol–water partition coefficient (Wildman–Crippen LogP) is 1.33. The number of ether oxygens (including phenoxy) is 2. The summed E-state index contributed by atoms with van der Waals surface area (Å²) < 4.78 is 10.4. The molecular weight excluding hydrogens is 270 g/mol. The molecule has 2 aliphatic rings. The summed E-state index contributed by atoms with van der Waals surface area (Å²) in [5.41, 5.74) is 1.52. The molecule has 0 saturated carbocycles. The molecule has 0 saturated heterocycles. The minimum absolute atomic E-state index is 0.0634. The van der Waals surface area contributed by atoms with Crippen LogP contribution in [0.15, 0.2) is 34.3 Å². The molecular formula is C15H13N3O3. The first-order valence-corrected chi connectivity index (χ1v) is 6.57. The Morgan fingerprint density at radius 2 is 2.05 bits per heavy atom. The zero-order valence-corrected chi connectivity index (χ0v) is 11.4. The summed E-state index contributed by atoms with van der Waals surface area (Å²) in [6.07, 6.45) is 0. The molecule has 1 heterocycles. The van der Waals surface area contributed by atoms with Crippen molar-refractivity contribution in [2.45, 2.75) is 12.1 Å². The Bertz CT molecular complexity index is 688. The lowest BCUT2D eigenvalue weighted by molar-refractivity contribution is 0.0967. The van der Waals surface area contributed by atoms with Crippen molar-refractivity contribution in [2.75, 3.05) is 20.3 Å². The molecule has 2 unspecified atom stereocenters. The van der Waals surface area contributed by atoms with Crippen molar-refractivity contribution < 1.29 is 14.3 Å². The molecule has 1 aliphatic heterocycles. The Morgan fingerprint density at radius 3 is 2.81 bits per heavy atom. The van der Waals surface area contributed by atoms with Gasteiger partial charge in [0.05, 0.1) is 6.61 Å². The topological polar surface area (TPSA) is 84.0 Å². The third kappa shape index (κ3) is 2.22. The molecule has 0 fully saturated rings. The normalized spacial score (nSPS) is 22.8. The van der Waals surface area contributed by atoms with Crippen LogP contribution in [0.25, 0.3) is 0 Å². The van der Waals surface area contributed by atoms with Crippen molar-refractivity contribution in [3.05, 3.63) is 35.4 Å². The van der Waals surface area contributed by atoms with Crippen LogP contribution in [0.1, 0.15) is 22.0 Å². The van der Waals surface area contributed by atoms with Gasteiger partial charge in [0.25, 0.3) is 0 Å². The monoisotopic (exact) mass is 283 g/mol. The van der Waals surface area contributed by atoms with Gasteiger partial charge in [-0.15, -0.1) is 0 Å². The Balaban J connectivity index is 1.95. The van der Waals surface area contributed by atoms with Crippen LogP contribution in [0.2, 0.25) is 0 Å². The number of fused-ring (bicyclic) bond motifs is 3. The van der Waals surface area contributed by atoms with Crippen LogP contribution in [-0.4, -0.2) is 43.8 Å². The number of hydrogen-bond acceptors (Lipinski definition) is 6. The molecule has 21 heavy (non-hydrogen) atoms. The first-order valence-electron chi connectivity index (χ1n) is 6.57. The van der Waals surface area contributed by atoms with Crippen LogP contribution in [-0.2, 0) is 9.47 Å². The molecule has 3 rings (SSSR count). The molecule has 0 N–H and O–H groups in total. The van der Waals surface area contributed by atoms with Gasteiger partial charge in [0, 0.05) is 12.7 Å². The minimum Gasteiger partial charge on any atom is -0.473 e. The number of carbonyl (C=O) groups excluding carboxylic acids is 1. The number of aliphatic imine (C=N–C) groups is 2. The van der Waals surface area contributed by atoms with Gasteiger partial charge in [0.2, 0.25) is 5.90 Å². The summed E-state index contributed by atoms with van der Waals surface area (Å²) in [5, 5.41) is 9.16. The van der Waals surface area contributed by atoms with Gasteiger partial charge in [-0.2, -0.15) is 5.26 Å². The molecule has 0 aromatic heterocycles. The molecule has 0 amide bonds. The standard InChI is InChI=1S/C15H13N3O3/c1-20-6-7-21-15-11(8-16)17-13-12(18-15)9-4-2-3-5-10(9)14(13)19/h2-5,12-13H,6-7H2,1H3. The second kappa shape index (κ2) is 5.46. The Hall–Kier alpha value is -2.52. The lowest BCUT2D eigenvalue weighted by atomic mass is 10.1. The van der Waals surface area contributed by atoms with E-state index < -0.39 is 12.1 Å². The number of nitriles is 1. The number of rotatable bonds is 3. The SMILES string of the molecule is COCCOC1=NC2c3ccccc3C(=O)C2N=C1C#N. The number of benzene rings is 1. The molecule has 0 bridgehead atoms. The second-order valence-electron chi connectivity index (χ2n) is 4.71. The van der Waals surface area contributed by atoms with E-state index >= 15 is 0 Å². The molecule has 1 aromatic carbocycles. The lowest BCUT2D eigenvalue weighted by Gasteiger charge is -2.19. The Morgan fingerprint density at radius 1 is 1.24 bits per heavy atom. The van der Waals surface area contributed by atoms with Crippen molar-refractivity contribution in [3.8, 4) is 6.07 Å². The maximum atomic E-state index is 12.3. The molecule has 0 spiro atoms. The van der Waals surface area contributed by atoms with Gasteiger partial charge in [-0.1, -0.05) is 24.3 Å². The van der Waals surface area contributed by atoms with E-state index in [0.29, 0.717) is 12.2 Å². The average molecular weight is 283 g/mol. The van der Waals surface area contributed by atoms with Gasteiger partial charge in [0.15, 0.2) is 11.5 Å². The van der Waals surface area contributed by atoms with Crippen molar-refractivity contribution in [1.82, 2.24) is 0 Å². The fraction of sp³-hybridized carbons (Fsp3) is 0.333. The summed E-state index contributed by atoms with van der Waals surface area (Å²) in [6, 6.07) is 8.19. The van der Waals surface area contributed by atoms with E-state index in [2.05, 4.69) is 9.98 Å². The van der Waals surface area contributed by atoms with E-state index in [0.717, 1.165) is 5.56 Å². The summed E-state index contributed by atoms with van der Waals surface area (Å²) in [6.45, 7) is 0.671. The average Bonchev–Trinajstić information content (AvgIpc) is 2.80. The lowest BCUT2D eigenvalue weighted by Crippen LogP contribution is -2.30. The summed E-state index contributed by atoms with van der Waals surface area (Å²) >= 11 is 0. The molecule has 106 valence electrons. The van der Waals surface area contributed by atoms with Crippen LogP contribution in [0.5, 0.6) is 0 Å². The van der Waals surface area contributed by atoms with Crippen LogP contribution in [0, 0.1) is 11.3 Å². The smallest absolute Gasteiger partial charge is 0.246 e. The summed E-state index contributed by atoms with van der Waals surface area (Å²) in [5.74, 6) is 0.0864. The number of nitrogens with zero attached hydrogens (tertiary/aromatic N) is 3. The van der Waals surface area contributed by atoms with Crippen LogP contribution >= 0.6 is 0 Å². The first kappa shape index (κ1) is 13.5. The Kier molecular flexibility index (Phi) is 3.50. The van der Waals surface area contributed by atoms with E-state index in [4.69, 9.17) is 14.7 Å². The third-order valence-electron chi connectivity index (χ3n) is 3.47. The van der Waals surface area contributed by atoms with Crippen molar-refractivity contribution in [3.63, 3.8) is 0 Å². The van der Waals surface area contributed by atoms with Gasteiger partial charge in [-0.25, -0.2) is 4.99 Å². The number of carbonyl (C=O) groups is 1. The zero-order valence-electron chi connectivity index (χ0n) is 11.4. The number of ketones is 1. The number of Topliss-reactive ketones (excluding diaryl/α,β-unsaturated/α-hetero) is 1. The maximum absolute atomic E-state index is 12.3. The third-order valence-corrected chi connectivity index (χ3v) is 3.47. The van der Waals surface area contributed by atoms with Gasteiger partial charge in [-0.05, 0) is 5.56 Å². The molecule has 1 aromatic rings. The molecule has 2 atom stereocenters. The van der Waals surface area contributed by atoms with Crippen LogP contribution in [0.4, 0.5) is 0 Å². The maximum Gasteiger partial charge on any atom is 0.246 e. The van der Waals surface area contributed by atoms with E-state index in [1.165, 1.54) is 0 Å². The number of methoxy groups -OCH3 is 1. The van der Waals surface area contributed by atoms with E-state index in [1.807, 2.05) is 24.3 Å². The molecule has 1 aliphatic carbocycles. The number of hydrogen-bond donors (Lipinski definition) is 0. The molecule has 0 radical (unpaired) electrons. The van der Waals surface area contributed by atoms with Gasteiger partial charge in [0.1, 0.15) is 24.8 Å². The van der Waals surface area contributed by atoms with Crippen molar-refractivity contribution in [1.29, 1.82) is 5.26 Å². The summed E-state index contributed by atoms with van der Waals surface area (Å²) in [4.78, 5) is 21.0. The zero-order chi connectivity index (χ0) is 14.8. The first-order chi connectivity index (χ1) is 10.3. The fourth-order valence-electron chi connectivity index (χ4n) is 2.51. The molecule has 6 heteroatoms. The van der Waals surface area contributed by atoms with E-state index in [1.54, 1.807) is 13.2 Å². The van der Waals surface area contributed by atoms with E-state index in [9.17, 15) is 4.79 Å². The van der Waals surface area contributed by atoms with Gasteiger partial charge in [-0.3, -0.25) is 9.79 Å². The second-order valence-corrected chi connectivity index (χ2v) is 4.71. The highest BCUT2D eigenvalue weighted by molar-refractivity contribution is 6.46. The highest BCUT2D eigenvalue weighted by Gasteiger charge is 2.43. The Labute approximate surface area is 121 Å². The van der Waals surface area contributed by atoms with Crippen molar-refractivity contribution >= 4 is 17.4 Å². The highest BCUT2D eigenvalue weighted by Crippen LogP contribution is 2.38. The minimum atomic E-state index is -0.646. The quantitative estimate of drug-likeness (QED) is 0.783. The largest absolute Gasteiger partial charge is 0.473 e. The van der Waals surface area contributed by atoms with Crippen LogP contribution < -0.4 is 0 Å². The van der Waals surface area contributed by atoms with E-state index in [-0.39, 0.29) is 24.0 Å². The van der Waals surface area contributed by atoms with Gasteiger partial charge < -0.3 is 9.47 Å². The fourth-order valence-corrected chi connectivity index (χ4v) is 2.51. The summed E-state index contributed by atoms with van der Waals surface area (Å²) in [7, 11) is 1.56. The van der Waals surface area contributed by atoms with Crippen LogP contribution in [0.3, 0.4) is 0 Å². The van der Waals surface area contributed by atoms with Gasteiger partial charge >= 0.3 is 0 Å². The predicted molar refractivity (Wildman–Crippen MR) is 75.6 cm³/mol. The van der Waals surface area contributed by atoms with Crippen molar-refractivity contribution in [2.24, 2.45) is 9.98 Å².